The zero-order valence-electron chi connectivity index (χ0n) is 17.5. The number of ether oxygens (including phenoxy) is 1. The van der Waals surface area contributed by atoms with E-state index in [1.807, 2.05) is 18.2 Å². The summed E-state index contributed by atoms with van der Waals surface area (Å²) in [6.45, 7) is 5.76. The molecular formula is C25H30FN3O. The first kappa shape index (κ1) is 20.8. The van der Waals surface area contributed by atoms with Crippen molar-refractivity contribution in [3.63, 3.8) is 0 Å². The van der Waals surface area contributed by atoms with Crippen LogP contribution in [0.15, 0.2) is 54.6 Å². The molecule has 0 unspecified atom stereocenters. The van der Waals surface area contributed by atoms with Crippen molar-refractivity contribution >= 4 is 0 Å². The Morgan fingerprint density at radius 1 is 0.967 bits per heavy atom. The Labute approximate surface area is 178 Å². The predicted molar refractivity (Wildman–Crippen MR) is 116 cm³/mol. The van der Waals surface area contributed by atoms with Crippen molar-refractivity contribution in [3.05, 3.63) is 66.0 Å². The fourth-order valence-electron chi connectivity index (χ4n) is 4.86. The Hall–Kier alpha value is -2.42. The van der Waals surface area contributed by atoms with Crippen molar-refractivity contribution < 1.29 is 9.13 Å². The third-order valence-corrected chi connectivity index (χ3v) is 6.76. The number of nitrogens with zero attached hydrogens (tertiary/aromatic N) is 3. The normalized spacial score (nSPS) is 25.5. The van der Waals surface area contributed by atoms with Crippen LogP contribution in [-0.2, 0) is 5.41 Å². The third kappa shape index (κ3) is 4.83. The molecule has 0 amide bonds. The standard InChI is InChI=1S/C25H30FN3O/c26-22-6-8-24(9-7-22)30-19-18-28-14-16-29(17-15-28)23-10-12-25(20-27,13-11-23)21-4-2-1-3-5-21/h1-9,23H,10-19H2. The van der Waals surface area contributed by atoms with Crippen LogP contribution in [0.1, 0.15) is 31.2 Å². The number of hydrogen-bond acceptors (Lipinski definition) is 4. The Morgan fingerprint density at radius 2 is 1.63 bits per heavy atom. The van der Waals surface area contributed by atoms with Gasteiger partial charge in [0.2, 0.25) is 0 Å². The van der Waals surface area contributed by atoms with Gasteiger partial charge in [0.15, 0.2) is 0 Å². The van der Waals surface area contributed by atoms with Crippen LogP contribution in [0.2, 0.25) is 0 Å². The Kier molecular flexibility index (Phi) is 6.66. The second kappa shape index (κ2) is 9.59. The van der Waals surface area contributed by atoms with Crippen LogP contribution >= 0.6 is 0 Å². The summed E-state index contributed by atoms with van der Waals surface area (Å²) in [5.74, 6) is 0.480. The summed E-state index contributed by atoms with van der Waals surface area (Å²) in [4.78, 5) is 5.05. The Bertz CT molecular complexity index is 833. The van der Waals surface area contributed by atoms with Crippen LogP contribution in [-0.4, -0.2) is 55.2 Å². The van der Waals surface area contributed by atoms with E-state index in [-0.39, 0.29) is 11.2 Å². The first-order valence-electron chi connectivity index (χ1n) is 11.0. The van der Waals surface area contributed by atoms with Gasteiger partial charge >= 0.3 is 0 Å². The lowest BCUT2D eigenvalue weighted by Gasteiger charge is -2.44. The molecule has 1 aliphatic heterocycles. The maximum absolute atomic E-state index is 13.0. The second-order valence-corrected chi connectivity index (χ2v) is 8.47. The summed E-state index contributed by atoms with van der Waals surface area (Å²) in [5, 5.41) is 9.90. The number of hydrogen-bond donors (Lipinski definition) is 0. The largest absolute Gasteiger partial charge is 0.492 e. The maximum Gasteiger partial charge on any atom is 0.123 e. The van der Waals surface area contributed by atoms with Crippen LogP contribution in [0.3, 0.4) is 0 Å². The highest BCUT2D eigenvalue weighted by Gasteiger charge is 2.39. The molecule has 1 saturated heterocycles. The van der Waals surface area contributed by atoms with Crippen LogP contribution in [0.4, 0.5) is 4.39 Å². The summed E-state index contributed by atoms with van der Waals surface area (Å²) in [6.07, 6.45) is 4.08. The first-order valence-corrected chi connectivity index (χ1v) is 11.0. The van der Waals surface area contributed by atoms with E-state index in [0.29, 0.717) is 12.6 Å². The highest BCUT2D eigenvalue weighted by molar-refractivity contribution is 5.33. The topological polar surface area (TPSA) is 39.5 Å². The number of rotatable bonds is 6. The van der Waals surface area contributed by atoms with E-state index < -0.39 is 0 Å². The minimum Gasteiger partial charge on any atom is -0.492 e. The Morgan fingerprint density at radius 3 is 2.27 bits per heavy atom. The van der Waals surface area contributed by atoms with Crippen LogP contribution in [0, 0.1) is 17.1 Å². The number of benzene rings is 2. The molecule has 1 saturated carbocycles. The fourth-order valence-corrected chi connectivity index (χ4v) is 4.86. The van der Waals surface area contributed by atoms with Crippen molar-refractivity contribution in [1.29, 1.82) is 5.26 Å². The molecule has 0 aromatic heterocycles. The molecule has 30 heavy (non-hydrogen) atoms. The quantitative estimate of drug-likeness (QED) is 0.719. The molecule has 2 aliphatic rings. The smallest absolute Gasteiger partial charge is 0.123 e. The third-order valence-electron chi connectivity index (χ3n) is 6.76. The number of halogens is 1. The minimum absolute atomic E-state index is 0.239. The molecule has 4 rings (SSSR count). The molecule has 0 spiro atoms. The molecule has 0 atom stereocenters. The van der Waals surface area contributed by atoms with Crippen molar-refractivity contribution in [2.45, 2.75) is 37.1 Å². The molecular weight excluding hydrogens is 377 g/mol. The lowest BCUT2D eigenvalue weighted by atomic mass is 9.69. The minimum atomic E-state index is -0.308. The molecule has 1 aliphatic carbocycles. The molecule has 2 aromatic rings. The predicted octanol–water partition coefficient (Wildman–Crippen LogP) is 4.23. The van der Waals surface area contributed by atoms with Gasteiger partial charge in [-0.1, -0.05) is 30.3 Å². The van der Waals surface area contributed by atoms with Gasteiger partial charge in [0, 0.05) is 38.8 Å². The molecule has 4 nitrogen and oxygen atoms in total. The summed E-state index contributed by atoms with van der Waals surface area (Å²) >= 11 is 0. The van der Waals surface area contributed by atoms with E-state index in [2.05, 4.69) is 28.0 Å². The molecule has 0 N–H and O–H groups in total. The fraction of sp³-hybridized carbons (Fsp3) is 0.480. The summed E-state index contributed by atoms with van der Waals surface area (Å²) in [5.41, 5.74) is 0.869. The highest BCUT2D eigenvalue weighted by atomic mass is 19.1. The van der Waals surface area contributed by atoms with Crippen molar-refractivity contribution in [3.8, 4) is 11.8 Å². The molecule has 2 aromatic carbocycles. The molecule has 158 valence electrons. The summed E-state index contributed by atoms with van der Waals surface area (Å²) in [6, 6.07) is 19.8. The molecule has 2 fully saturated rings. The van der Waals surface area contributed by atoms with E-state index in [1.165, 1.54) is 17.7 Å². The average Bonchev–Trinajstić information content (AvgIpc) is 2.81. The summed E-state index contributed by atoms with van der Waals surface area (Å²) in [7, 11) is 0. The second-order valence-electron chi connectivity index (χ2n) is 8.47. The lowest BCUT2D eigenvalue weighted by Crippen LogP contribution is -2.52. The zero-order chi connectivity index (χ0) is 20.8. The van der Waals surface area contributed by atoms with Crippen LogP contribution in [0.25, 0.3) is 0 Å². The van der Waals surface area contributed by atoms with E-state index in [4.69, 9.17) is 4.74 Å². The van der Waals surface area contributed by atoms with Gasteiger partial charge in [-0.15, -0.1) is 0 Å². The van der Waals surface area contributed by atoms with Crippen LogP contribution in [0.5, 0.6) is 5.75 Å². The number of piperazine rings is 1. The van der Waals surface area contributed by atoms with E-state index >= 15 is 0 Å². The van der Waals surface area contributed by atoms with E-state index in [1.54, 1.807) is 12.1 Å². The van der Waals surface area contributed by atoms with Crippen molar-refractivity contribution in [2.75, 3.05) is 39.3 Å². The maximum atomic E-state index is 13.0. The van der Waals surface area contributed by atoms with Gasteiger partial charge in [-0.3, -0.25) is 9.80 Å². The van der Waals surface area contributed by atoms with E-state index in [0.717, 1.165) is 64.2 Å². The van der Waals surface area contributed by atoms with Gasteiger partial charge in [0.1, 0.15) is 18.2 Å². The lowest BCUT2D eigenvalue weighted by molar-refractivity contribution is 0.0647. The SMILES string of the molecule is N#CC1(c2ccccc2)CCC(N2CCN(CCOc3ccc(F)cc3)CC2)CC1. The van der Waals surface area contributed by atoms with Gasteiger partial charge in [-0.25, -0.2) is 4.39 Å². The van der Waals surface area contributed by atoms with Crippen LogP contribution < -0.4 is 4.74 Å². The van der Waals surface area contributed by atoms with Gasteiger partial charge in [0.25, 0.3) is 0 Å². The average molecular weight is 408 g/mol. The molecule has 0 radical (unpaired) electrons. The van der Waals surface area contributed by atoms with E-state index in [9.17, 15) is 9.65 Å². The highest BCUT2D eigenvalue weighted by Crippen LogP contribution is 2.40. The zero-order valence-corrected chi connectivity index (χ0v) is 17.5. The van der Waals surface area contributed by atoms with Gasteiger partial charge in [0.05, 0.1) is 11.5 Å². The van der Waals surface area contributed by atoms with Gasteiger partial charge < -0.3 is 4.74 Å². The first-order chi connectivity index (χ1) is 14.7. The van der Waals surface area contributed by atoms with Gasteiger partial charge in [-0.05, 0) is 55.5 Å². The van der Waals surface area contributed by atoms with Gasteiger partial charge in [-0.2, -0.15) is 5.26 Å². The van der Waals surface area contributed by atoms with Crippen molar-refractivity contribution in [1.82, 2.24) is 9.80 Å². The Balaban J connectivity index is 1.20. The number of nitriles is 1. The monoisotopic (exact) mass is 407 g/mol. The molecule has 0 bridgehead atoms. The molecule has 5 heteroatoms. The summed E-state index contributed by atoms with van der Waals surface area (Å²) < 4.78 is 18.7. The van der Waals surface area contributed by atoms with Crippen molar-refractivity contribution in [2.24, 2.45) is 0 Å². The molecule has 1 heterocycles.